The summed E-state index contributed by atoms with van der Waals surface area (Å²) in [6.07, 6.45) is 3.60. The normalized spacial score (nSPS) is 19.0. The molecule has 1 aromatic rings. The van der Waals surface area contributed by atoms with Gasteiger partial charge in [0.2, 0.25) is 0 Å². The van der Waals surface area contributed by atoms with Crippen LogP contribution in [0.25, 0.3) is 0 Å². The van der Waals surface area contributed by atoms with Crippen molar-refractivity contribution in [2.75, 3.05) is 25.0 Å². The van der Waals surface area contributed by atoms with Gasteiger partial charge in [-0.2, -0.15) is 0 Å². The van der Waals surface area contributed by atoms with Crippen LogP contribution in [0.4, 0.5) is 5.69 Å². The highest BCUT2D eigenvalue weighted by Crippen LogP contribution is 2.23. The summed E-state index contributed by atoms with van der Waals surface area (Å²) in [7, 11) is 1.59. The van der Waals surface area contributed by atoms with Crippen LogP contribution in [-0.4, -0.2) is 36.9 Å². The van der Waals surface area contributed by atoms with Crippen molar-refractivity contribution in [2.24, 2.45) is 11.7 Å². The zero-order chi connectivity index (χ0) is 13.8. The predicted octanol–water partition coefficient (Wildman–Crippen LogP) is 0.594. The molecule has 0 aromatic carbocycles. The number of pyridine rings is 1. The van der Waals surface area contributed by atoms with Crippen molar-refractivity contribution in [1.29, 1.82) is 5.41 Å². The Labute approximate surface area is 112 Å². The second kappa shape index (κ2) is 5.69. The largest absolute Gasteiger partial charge is 0.387 e. The van der Waals surface area contributed by atoms with E-state index in [2.05, 4.69) is 15.2 Å². The summed E-state index contributed by atoms with van der Waals surface area (Å²) >= 11 is 0. The van der Waals surface area contributed by atoms with E-state index < -0.39 is 0 Å². The molecule has 1 unspecified atom stereocenters. The maximum Gasteiger partial charge on any atom is 0.269 e. The molecule has 6 heteroatoms. The van der Waals surface area contributed by atoms with Gasteiger partial charge in [-0.05, 0) is 25.0 Å². The SMILES string of the molecule is CNC(=O)c1cc(N2CCCC(C(=N)N)C2)ccn1. The predicted molar refractivity (Wildman–Crippen MR) is 74.5 cm³/mol. The van der Waals surface area contributed by atoms with Gasteiger partial charge in [-0.3, -0.25) is 15.2 Å². The van der Waals surface area contributed by atoms with E-state index in [1.807, 2.05) is 6.07 Å². The second-order valence-electron chi connectivity index (χ2n) is 4.72. The zero-order valence-corrected chi connectivity index (χ0v) is 11.0. The first-order valence-electron chi connectivity index (χ1n) is 6.39. The van der Waals surface area contributed by atoms with Gasteiger partial charge >= 0.3 is 0 Å². The average Bonchev–Trinajstić information content (AvgIpc) is 2.46. The van der Waals surface area contributed by atoms with Gasteiger partial charge in [0, 0.05) is 37.9 Å². The fraction of sp³-hybridized carbons (Fsp3) is 0.462. The lowest BCUT2D eigenvalue weighted by atomic mass is 9.96. The van der Waals surface area contributed by atoms with E-state index in [0.29, 0.717) is 5.69 Å². The maximum atomic E-state index is 11.6. The number of carbonyl (C=O) groups excluding carboxylic acids is 1. The molecule has 19 heavy (non-hydrogen) atoms. The van der Waals surface area contributed by atoms with Crippen molar-refractivity contribution >= 4 is 17.4 Å². The molecule has 0 saturated carbocycles. The Hall–Kier alpha value is -2.11. The lowest BCUT2D eigenvalue weighted by molar-refractivity contribution is 0.0958. The summed E-state index contributed by atoms with van der Waals surface area (Å²) in [4.78, 5) is 17.8. The monoisotopic (exact) mass is 261 g/mol. The van der Waals surface area contributed by atoms with Crippen LogP contribution in [0.2, 0.25) is 0 Å². The Bertz CT molecular complexity index is 488. The molecule has 1 aliphatic heterocycles. The molecule has 4 N–H and O–H groups in total. The molecule has 1 saturated heterocycles. The number of nitrogens with two attached hydrogens (primary N) is 1. The molecule has 2 rings (SSSR count). The van der Waals surface area contributed by atoms with Crippen molar-refractivity contribution in [1.82, 2.24) is 10.3 Å². The summed E-state index contributed by atoms with van der Waals surface area (Å²) in [6.45, 7) is 1.65. The van der Waals surface area contributed by atoms with Crippen LogP contribution < -0.4 is 16.0 Å². The minimum absolute atomic E-state index is 0.102. The summed E-state index contributed by atoms with van der Waals surface area (Å²) in [5.74, 6) is 0.151. The number of hydrogen-bond donors (Lipinski definition) is 3. The minimum atomic E-state index is -0.193. The Morgan fingerprint density at radius 3 is 3.11 bits per heavy atom. The lowest BCUT2D eigenvalue weighted by Crippen LogP contribution is -2.41. The summed E-state index contributed by atoms with van der Waals surface area (Å²) in [6, 6.07) is 3.66. The van der Waals surface area contributed by atoms with Crippen LogP contribution in [0.15, 0.2) is 18.3 Å². The number of hydrogen-bond acceptors (Lipinski definition) is 4. The van der Waals surface area contributed by atoms with Gasteiger partial charge in [0.05, 0.1) is 5.84 Å². The number of aromatic nitrogens is 1. The van der Waals surface area contributed by atoms with Crippen molar-refractivity contribution in [3.63, 3.8) is 0 Å². The first-order valence-corrected chi connectivity index (χ1v) is 6.39. The number of amides is 1. The molecule has 1 amide bonds. The van der Waals surface area contributed by atoms with E-state index >= 15 is 0 Å². The standard InChI is InChI=1S/C13H19N5O/c1-16-13(19)11-7-10(4-5-17-11)18-6-2-3-9(8-18)12(14)15/h4-5,7,9H,2-3,6,8H2,1H3,(H3,14,15)(H,16,19). The lowest BCUT2D eigenvalue weighted by Gasteiger charge is -2.33. The van der Waals surface area contributed by atoms with Gasteiger partial charge in [0.25, 0.3) is 5.91 Å². The van der Waals surface area contributed by atoms with E-state index in [0.717, 1.165) is 31.6 Å². The molecular weight excluding hydrogens is 242 g/mol. The molecular formula is C13H19N5O. The summed E-state index contributed by atoms with van der Waals surface area (Å²) in [5, 5.41) is 10.1. The van der Waals surface area contributed by atoms with E-state index in [4.69, 9.17) is 11.1 Å². The third kappa shape index (κ3) is 3.01. The number of nitrogens with zero attached hydrogens (tertiary/aromatic N) is 2. The maximum absolute atomic E-state index is 11.6. The van der Waals surface area contributed by atoms with Gasteiger partial charge in [0.15, 0.2) is 0 Å². The number of amidine groups is 1. The molecule has 2 heterocycles. The van der Waals surface area contributed by atoms with Crippen LogP contribution in [0.3, 0.4) is 0 Å². The summed E-state index contributed by atoms with van der Waals surface area (Å²) in [5.41, 5.74) is 6.95. The molecule has 1 atom stereocenters. The fourth-order valence-corrected chi connectivity index (χ4v) is 2.33. The van der Waals surface area contributed by atoms with E-state index in [9.17, 15) is 4.79 Å². The average molecular weight is 261 g/mol. The van der Waals surface area contributed by atoms with Gasteiger partial charge in [-0.1, -0.05) is 0 Å². The Morgan fingerprint density at radius 1 is 1.63 bits per heavy atom. The third-order valence-corrected chi connectivity index (χ3v) is 3.43. The van der Waals surface area contributed by atoms with E-state index in [1.54, 1.807) is 19.3 Å². The minimum Gasteiger partial charge on any atom is -0.387 e. The third-order valence-electron chi connectivity index (χ3n) is 3.43. The molecule has 0 spiro atoms. The Balaban J connectivity index is 2.17. The molecule has 0 radical (unpaired) electrons. The number of nitrogens with one attached hydrogen (secondary N) is 2. The highest BCUT2D eigenvalue weighted by Gasteiger charge is 2.22. The fourth-order valence-electron chi connectivity index (χ4n) is 2.33. The number of piperidine rings is 1. The Kier molecular flexibility index (Phi) is 3.99. The highest BCUT2D eigenvalue weighted by molar-refractivity contribution is 5.92. The molecule has 1 aromatic heterocycles. The number of carbonyl (C=O) groups is 1. The molecule has 102 valence electrons. The first-order chi connectivity index (χ1) is 9.11. The molecule has 0 aliphatic carbocycles. The Morgan fingerprint density at radius 2 is 2.42 bits per heavy atom. The van der Waals surface area contributed by atoms with Crippen molar-refractivity contribution in [2.45, 2.75) is 12.8 Å². The van der Waals surface area contributed by atoms with Gasteiger partial charge in [0.1, 0.15) is 5.69 Å². The topological polar surface area (TPSA) is 95.1 Å². The van der Waals surface area contributed by atoms with Crippen molar-refractivity contribution < 1.29 is 4.79 Å². The highest BCUT2D eigenvalue weighted by atomic mass is 16.1. The van der Waals surface area contributed by atoms with Crippen molar-refractivity contribution in [3.05, 3.63) is 24.0 Å². The first kappa shape index (κ1) is 13.3. The molecule has 1 aliphatic rings. The van der Waals surface area contributed by atoms with E-state index in [-0.39, 0.29) is 17.7 Å². The van der Waals surface area contributed by atoms with E-state index in [1.165, 1.54) is 0 Å². The van der Waals surface area contributed by atoms with Crippen LogP contribution in [0.5, 0.6) is 0 Å². The smallest absolute Gasteiger partial charge is 0.269 e. The number of rotatable bonds is 3. The summed E-state index contributed by atoms with van der Waals surface area (Å²) < 4.78 is 0. The van der Waals surface area contributed by atoms with Crippen LogP contribution in [0.1, 0.15) is 23.3 Å². The quantitative estimate of drug-likeness (QED) is 0.548. The van der Waals surface area contributed by atoms with Gasteiger partial charge in [-0.15, -0.1) is 0 Å². The van der Waals surface area contributed by atoms with Crippen LogP contribution >= 0.6 is 0 Å². The molecule has 1 fully saturated rings. The van der Waals surface area contributed by atoms with Gasteiger partial charge in [-0.25, -0.2) is 0 Å². The van der Waals surface area contributed by atoms with Crippen molar-refractivity contribution in [3.8, 4) is 0 Å². The molecule has 6 nitrogen and oxygen atoms in total. The zero-order valence-electron chi connectivity index (χ0n) is 11.0. The van der Waals surface area contributed by atoms with Crippen LogP contribution in [-0.2, 0) is 0 Å². The molecule has 0 bridgehead atoms. The van der Waals surface area contributed by atoms with Crippen LogP contribution in [0, 0.1) is 11.3 Å². The van der Waals surface area contributed by atoms with Gasteiger partial charge < -0.3 is 16.0 Å². The number of anilines is 1. The second-order valence-corrected chi connectivity index (χ2v) is 4.72.